The van der Waals surface area contributed by atoms with Crippen LogP contribution in [0.3, 0.4) is 0 Å². The zero-order valence-electron chi connectivity index (χ0n) is 13.0. The molecule has 2 rings (SSSR count). The van der Waals surface area contributed by atoms with Gasteiger partial charge in [0.2, 0.25) is 5.91 Å². The third kappa shape index (κ3) is 3.71. The van der Waals surface area contributed by atoms with E-state index in [-0.39, 0.29) is 18.1 Å². The average Bonchev–Trinajstić information content (AvgIpc) is 2.46. The predicted octanol–water partition coefficient (Wildman–Crippen LogP) is 0.681. The summed E-state index contributed by atoms with van der Waals surface area (Å²) < 4.78 is 5.63. The zero-order valence-corrected chi connectivity index (χ0v) is 13.0. The Morgan fingerprint density at radius 2 is 1.85 bits per heavy atom. The summed E-state index contributed by atoms with van der Waals surface area (Å²) in [7, 11) is 0. The van der Waals surface area contributed by atoms with E-state index in [0.717, 1.165) is 25.9 Å². The maximum Gasteiger partial charge on any atom is 0.225 e. The van der Waals surface area contributed by atoms with E-state index in [1.54, 1.807) is 0 Å². The molecule has 0 aromatic carbocycles. The predicted molar refractivity (Wildman–Crippen MR) is 79.4 cm³/mol. The molecule has 5 nitrogen and oxygen atoms in total. The summed E-state index contributed by atoms with van der Waals surface area (Å²) in [5.41, 5.74) is 5.89. The molecule has 2 aliphatic heterocycles. The maximum absolute atomic E-state index is 12.6. The lowest BCUT2D eigenvalue weighted by Crippen LogP contribution is -2.53. The van der Waals surface area contributed by atoms with Crippen LogP contribution in [0.1, 0.15) is 33.6 Å². The average molecular weight is 283 g/mol. The second kappa shape index (κ2) is 6.87. The lowest BCUT2D eigenvalue weighted by molar-refractivity contribution is -0.145. The van der Waals surface area contributed by atoms with Gasteiger partial charge in [-0.1, -0.05) is 0 Å². The molecule has 0 bridgehead atoms. The Bertz CT molecular complexity index is 325. The highest BCUT2D eigenvalue weighted by Crippen LogP contribution is 2.22. The third-order valence-electron chi connectivity index (χ3n) is 4.60. The number of nitrogens with two attached hydrogens (primary N) is 1. The van der Waals surface area contributed by atoms with Gasteiger partial charge in [-0.05, 0) is 46.7 Å². The first-order valence-corrected chi connectivity index (χ1v) is 7.89. The van der Waals surface area contributed by atoms with Gasteiger partial charge in [-0.25, -0.2) is 0 Å². The van der Waals surface area contributed by atoms with Crippen molar-refractivity contribution in [2.75, 3.05) is 32.8 Å². The van der Waals surface area contributed by atoms with Crippen molar-refractivity contribution in [1.82, 2.24) is 9.80 Å². The summed E-state index contributed by atoms with van der Waals surface area (Å²) in [5.74, 6) is 0.499. The molecule has 2 fully saturated rings. The van der Waals surface area contributed by atoms with Gasteiger partial charge in [0, 0.05) is 31.1 Å². The molecule has 0 saturated carbocycles. The molecule has 5 heteroatoms. The smallest absolute Gasteiger partial charge is 0.225 e. The van der Waals surface area contributed by atoms with Gasteiger partial charge in [-0.2, -0.15) is 0 Å². The molecule has 2 saturated heterocycles. The molecule has 0 aromatic heterocycles. The Balaban J connectivity index is 1.85. The van der Waals surface area contributed by atoms with Crippen molar-refractivity contribution >= 4 is 5.91 Å². The SMILES string of the molecule is CC(N)C1CN(C(=O)C2CCN(C(C)C)CC2)CCO1. The molecule has 2 aliphatic rings. The van der Waals surface area contributed by atoms with E-state index in [9.17, 15) is 4.79 Å². The lowest BCUT2D eigenvalue weighted by Gasteiger charge is -2.39. The quantitative estimate of drug-likeness (QED) is 0.827. The van der Waals surface area contributed by atoms with E-state index < -0.39 is 0 Å². The number of piperidine rings is 1. The number of likely N-dealkylation sites (tertiary alicyclic amines) is 1. The molecule has 0 aromatic rings. The van der Waals surface area contributed by atoms with Gasteiger partial charge in [0.1, 0.15) is 0 Å². The number of carbonyl (C=O) groups is 1. The molecule has 1 amide bonds. The van der Waals surface area contributed by atoms with Gasteiger partial charge >= 0.3 is 0 Å². The van der Waals surface area contributed by atoms with Gasteiger partial charge in [0.25, 0.3) is 0 Å². The van der Waals surface area contributed by atoms with E-state index in [0.29, 0.717) is 31.6 Å². The van der Waals surface area contributed by atoms with Crippen LogP contribution in [0.2, 0.25) is 0 Å². The van der Waals surface area contributed by atoms with Crippen molar-refractivity contribution in [3.63, 3.8) is 0 Å². The number of carbonyl (C=O) groups excluding carboxylic acids is 1. The monoisotopic (exact) mass is 283 g/mol. The van der Waals surface area contributed by atoms with Gasteiger partial charge in [0.05, 0.1) is 12.7 Å². The summed E-state index contributed by atoms with van der Waals surface area (Å²) >= 11 is 0. The fourth-order valence-electron chi connectivity index (χ4n) is 3.11. The van der Waals surface area contributed by atoms with Crippen molar-refractivity contribution in [2.24, 2.45) is 11.7 Å². The van der Waals surface area contributed by atoms with Gasteiger partial charge in [0.15, 0.2) is 0 Å². The molecule has 116 valence electrons. The van der Waals surface area contributed by atoms with Crippen LogP contribution in [0, 0.1) is 5.92 Å². The van der Waals surface area contributed by atoms with Crippen LogP contribution in [0.25, 0.3) is 0 Å². The molecule has 0 spiro atoms. The molecule has 2 atom stereocenters. The van der Waals surface area contributed by atoms with Crippen molar-refractivity contribution in [3.8, 4) is 0 Å². The standard InChI is InChI=1S/C15H29N3O2/c1-11(2)17-6-4-13(5-7-17)15(19)18-8-9-20-14(10-18)12(3)16/h11-14H,4-10,16H2,1-3H3. The van der Waals surface area contributed by atoms with E-state index in [1.165, 1.54) is 0 Å². The summed E-state index contributed by atoms with van der Waals surface area (Å²) in [4.78, 5) is 17.0. The lowest BCUT2D eigenvalue weighted by atomic mass is 9.94. The van der Waals surface area contributed by atoms with Crippen LogP contribution >= 0.6 is 0 Å². The highest BCUT2D eigenvalue weighted by atomic mass is 16.5. The Morgan fingerprint density at radius 3 is 2.40 bits per heavy atom. The molecule has 0 aliphatic carbocycles. The van der Waals surface area contributed by atoms with Crippen molar-refractivity contribution in [3.05, 3.63) is 0 Å². The topological polar surface area (TPSA) is 58.8 Å². The van der Waals surface area contributed by atoms with Crippen LogP contribution in [-0.4, -0.2) is 66.7 Å². The zero-order chi connectivity index (χ0) is 14.7. The number of rotatable bonds is 3. The number of hydrogen-bond acceptors (Lipinski definition) is 4. The normalized spacial score (nSPS) is 27.9. The fraction of sp³-hybridized carbons (Fsp3) is 0.933. The Hall–Kier alpha value is -0.650. The fourth-order valence-corrected chi connectivity index (χ4v) is 3.11. The van der Waals surface area contributed by atoms with Crippen LogP contribution in [-0.2, 0) is 9.53 Å². The molecule has 2 N–H and O–H groups in total. The minimum Gasteiger partial charge on any atom is -0.373 e. The minimum atomic E-state index is -0.0200. The number of morpholine rings is 1. The van der Waals surface area contributed by atoms with E-state index in [1.807, 2.05) is 11.8 Å². The second-order valence-electron chi connectivity index (χ2n) is 6.46. The number of hydrogen-bond donors (Lipinski definition) is 1. The summed E-state index contributed by atoms with van der Waals surface area (Å²) in [6, 6.07) is 0.560. The summed E-state index contributed by atoms with van der Waals surface area (Å²) in [6.45, 7) is 10.4. The van der Waals surface area contributed by atoms with E-state index >= 15 is 0 Å². The molecule has 20 heavy (non-hydrogen) atoms. The van der Waals surface area contributed by atoms with Crippen LogP contribution in [0.4, 0.5) is 0 Å². The number of nitrogens with zero attached hydrogens (tertiary/aromatic N) is 2. The molecular weight excluding hydrogens is 254 g/mol. The number of ether oxygens (including phenoxy) is 1. The van der Waals surface area contributed by atoms with Crippen LogP contribution in [0.5, 0.6) is 0 Å². The maximum atomic E-state index is 12.6. The molecule has 2 heterocycles. The highest BCUT2D eigenvalue weighted by Gasteiger charge is 2.32. The highest BCUT2D eigenvalue weighted by molar-refractivity contribution is 5.79. The van der Waals surface area contributed by atoms with Crippen LogP contribution in [0.15, 0.2) is 0 Å². The first kappa shape index (κ1) is 15.7. The van der Waals surface area contributed by atoms with Crippen LogP contribution < -0.4 is 5.73 Å². The molecular formula is C15H29N3O2. The largest absolute Gasteiger partial charge is 0.373 e. The Morgan fingerprint density at radius 1 is 1.20 bits per heavy atom. The van der Waals surface area contributed by atoms with Crippen molar-refractivity contribution < 1.29 is 9.53 Å². The summed E-state index contributed by atoms with van der Waals surface area (Å²) in [6.07, 6.45) is 1.96. The van der Waals surface area contributed by atoms with Gasteiger partial charge in [-0.15, -0.1) is 0 Å². The first-order chi connectivity index (χ1) is 9.49. The van der Waals surface area contributed by atoms with E-state index in [4.69, 9.17) is 10.5 Å². The molecule has 2 unspecified atom stereocenters. The minimum absolute atomic E-state index is 0.0107. The van der Waals surface area contributed by atoms with E-state index in [2.05, 4.69) is 18.7 Å². The number of amides is 1. The first-order valence-electron chi connectivity index (χ1n) is 7.89. The second-order valence-corrected chi connectivity index (χ2v) is 6.46. The third-order valence-corrected chi connectivity index (χ3v) is 4.60. The Kier molecular flexibility index (Phi) is 5.41. The van der Waals surface area contributed by atoms with Crippen molar-refractivity contribution in [2.45, 2.75) is 51.8 Å². The van der Waals surface area contributed by atoms with Gasteiger partial charge in [-0.3, -0.25) is 4.79 Å². The van der Waals surface area contributed by atoms with Crippen molar-refractivity contribution in [1.29, 1.82) is 0 Å². The summed E-state index contributed by atoms with van der Waals surface area (Å²) in [5, 5.41) is 0. The molecule has 0 radical (unpaired) electrons. The van der Waals surface area contributed by atoms with Gasteiger partial charge < -0.3 is 20.3 Å². The Labute approximate surface area is 122 Å².